The first-order valence-corrected chi connectivity index (χ1v) is 6.01. The molecule has 3 heteroatoms. The molecule has 1 N–H and O–H groups in total. The van der Waals surface area contributed by atoms with E-state index in [1.807, 2.05) is 20.8 Å². The van der Waals surface area contributed by atoms with E-state index in [0.29, 0.717) is 0 Å². The van der Waals surface area contributed by atoms with Crippen molar-refractivity contribution >= 4 is 5.97 Å². The molecule has 0 aliphatic rings. The molecule has 94 valence electrons. The van der Waals surface area contributed by atoms with Crippen molar-refractivity contribution in [2.24, 2.45) is 0 Å². The highest BCUT2D eigenvalue weighted by molar-refractivity contribution is 5.72. The molecule has 16 heavy (non-hydrogen) atoms. The van der Waals surface area contributed by atoms with Crippen LogP contribution in [0, 0.1) is 0 Å². The summed E-state index contributed by atoms with van der Waals surface area (Å²) in [5, 5.41) is 3.17. The molecule has 0 spiro atoms. The second-order valence-corrected chi connectivity index (χ2v) is 4.82. The smallest absolute Gasteiger partial charge is 0.320 e. The first kappa shape index (κ1) is 15.2. The summed E-state index contributed by atoms with van der Waals surface area (Å²) in [4.78, 5) is 11.4. The van der Waals surface area contributed by atoms with Crippen molar-refractivity contribution in [2.75, 3.05) is 6.54 Å². The monoisotopic (exact) mass is 227 g/mol. The van der Waals surface area contributed by atoms with Crippen LogP contribution in [-0.4, -0.2) is 24.2 Å². The van der Waals surface area contributed by atoms with E-state index in [2.05, 4.69) is 31.3 Å². The van der Waals surface area contributed by atoms with E-state index in [1.54, 1.807) is 0 Å². The normalized spacial score (nSPS) is 14.1. The summed E-state index contributed by atoms with van der Waals surface area (Å²) in [7, 11) is 0. The molecule has 0 aromatic heterocycles. The van der Waals surface area contributed by atoms with Gasteiger partial charge >= 0.3 is 5.97 Å². The first-order chi connectivity index (χ1) is 7.39. The summed E-state index contributed by atoms with van der Waals surface area (Å²) in [6.07, 6.45) is 6.20. The number of carbonyl (C=O) groups excluding carboxylic acids is 1. The van der Waals surface area contributed by atoms with Gasteiger partial charge in [-0.1, -0.05) is 26.0 Å². The van der Waals surface area contributed by atoms with Crippen molar-refractivity contribution in [3.8, 4) is 0 Å². The first-order valence-electron chi connectivity index (χ1n) is 6.01. The van der Waals surface area contributed by atoms with Crippen LogP contribution in [0.4, 0.5) is 0 Å². The molecule has 0 rings (SSSR count). The van der Waals surface area contributed by atoms with Crippen LogP contribution in [0.25, 0.3) is 0 Å². The van der Waals surface area contributed by atoms with Crippen molar-refractivity contribution in [3.63, 3.8) is 0 Å². The van der Waals surface area contributed by atoms with Gasteiger partial charge in [0.25, 0.3) is 0 Å². The van der Waals surface area contributed by atoms with Crippen LogP contribution in [0.3, 0.4) is 0 Å². The Kier molecular flexibility index (Phi) is 7.06. The third-order valence-electron chi connectivity index (χ3n) is 1.97. The molecule has 0 aromatic rings. The van der Waals surface area contributed by atoms with E-state index in [0.717, 1.165) is 12.8 Å². The number of hydrogen-bond acceptors (Lipinski definition) is 3. The lowest BCUT2D eigenvalue weighted by molar-refractivity contribution is -0.153. The van der Waals surface area contributed by atoms with Gasteiger partial charge < -0.3 is 10.1 Å². The van der Waals surface area contributed by atoms with E-state index in [-0.39, 0.29) is 18.6 Å². The predicted octanol–water partition coefficient (Wildman–Crippen LogP) is 2.66. The summed E-state index contributed by atoms with van der Waals surface area (Å²) in [6.45, 7) is 10.1. The lowest BCUT2D eigenvalue weighted by Gasteiger charge is -2.20. The second kappa shape index (κ2) is 7.44. The Morgan fingerprint density at radius 3 is 2.44 bits per heavy atom. The molecule has 0 saturated heterocycles. The fraction of sp³-hybridized carbons (Fsp3) is 0.769. The van der Waals surface area contributed by atoms with Gasteiger partial charge in [-0.3, -0.25) is 4.79 Å². The average Bonchev–Trinajstić information content (AvgIpc) is 2.15. The molecule has 0 bridgehead atoms. The molecule has 0 aromatic carbocycles. The number of allylic oxidation sites excluding steroid dienone is 1. The Morgan fingerprint density at radius 2 is 2.00 bits per heavy atom. The summed E-state index contributed by atoms with van der Waals surface area (Å²) in [5.74, 6) is -0.198. The molecule has 0 saturated carbocycles. The zero-order valence-electron chi connectivity index (χ0n) is 11.2. The molecule has 0 radical (unpaired) electrons. The Labute approximate surface area is 99.3 Å². The lowest BCUT2D eigenvalue weighted by atomic mass is 10.2. The van der Waals surface area contributed by atoms with Gasteiger partial charge in [0.15, 0.2) is 0 Å². The number of nitrogens with one attached hydrogen (secondary N) is 1. The fourth-order valence-electron chi connectivity index (χ4n) is 1.24. The van der Waals surface area contributed by atoms with Gasteiger partial charge in [0.1, 0.15) is 5.60 Å². The van der Waals surface area contributed by atoms with Gasteiger partial charge in [-0.2, -0.15) is 0 Å². The highest BCUT2D eigenvalue weighted by Gasteiger charge is 2.16. The Bertz CT molecular complexity index is 229. The van der Waals surface area contributed by atoms with Crippen LogP contribution in [0.5, 0.6) is 0 Å². The molecule has 0 fully saturated rings. The van der Waals surface area contributed by atoms with E-state index < -0.39 is 5.60 Å². The average molecular weight is 227 g/mol. The number of hydrogen-bond donors (Lipinski definition) is 1. The van der Waals surface area contributed by atoms with Gasteiger partial charge in [-0.15, -0.1) is 0 Å². The minimum Gasteiger partial charge on any atom is -0.459 e. The molecular formula is C13H25NO2. The van der Waals surface area contributed by atoms with E-state index in [4.69, 9.17) is 4.74 Å². The molecular weight excluding hydrogens is 202 g/mol. The summed E-state index contributed by atoms with van der Waals surface area (Å²) < 4.78 is 5.21. The van der Waals surface area contributed by atoms with Gasteiger partial charge in [0.2, 0.25) is 0 Å². The predicted molar refractivity (Wildman–Crippen MR) is 67.4 cm³/mol. The maximum Gasteiger partial charge on any atom is 0.320 e. The maximum absolute atomic E-state index is 11.4. The van der Waals surface area contributed by atoms with Crippen LogP contribution in [-0.2, 0) is 9.53 Å². The highest BCUT2D eigenvalue weighted by atomic mass is 16.6. The summed E-state index contributed by atoms with van der Waals surface area (Å²) in [6, 6.07) is 0.257. The lowest BCUT2D eigenvalue weighted by Crippen LogP contribution is -2.36. The Morgan fingerprint density at radius 1 is 1.38 bits per heavy atom. The molecule has 0 unspecified atom stereocenters. The zero-order valence-corrected chi connectivity index (χ0v) is 11.2. The van der Waals surface area contributed by atoms with Crippen LogP contribution in [0.1, 0.15) is 47.5 Å². The maximum atomic E-state index is 11.4. The van der Waals surface area contributed by atoms with Crippen molar-refractivity contribution < 1.29 is 9.53 Å². The van der Waals surface area contributed by atoms with Crippen molar-refractivity contribution in [1.29, 1.82) is 0 Å². The minimum absolute atomic E-state index is 0.198. The van der Waals surface area contributed by atoms with Gasteiger partial charge in [0, 0.05) is 6.04 Å². The van der Waals surface area contributed by atoms with Crippen molar-refractivity contribution in [1.82, 2.24) is 5.32 Å². The standard InChI is InChI=1S/C13H25NO2/c1-6-8-9-11(7-2)14-10-12(15)16-13(3,4)5/h8-9,11,14H,6-7,10H2,1-5H3/b9-8+/t11-/m0/s1. The van der Waals surface area contributed by atoms with Crippen molar-refractivity contribution in [3.05, 3.63) is 12.2 Å². The van der Waals surface area contributed by atoms with Crippen LogP contribution >= 0.6 is 0 Å². The minimum atomic E-state index is -0.403. The molecule has 1 atom stereocenters. The van der Waals surface area contributed by atoms with Crippen LogP contribution in [0.15, 0.2) is 12.2 Å². The third-order valence-corrected chi connectivity index (χ3v) is 1.97. The van der Waals surface area contributed by atoms with Crippen LogP contribution < -0.4 is 5.32 Å². The van der Waals surface area contributed by atoms with E-state index >= 15 is 0 Å². The molecule has 3 nitrogen and oxygen atoms in total. The second-order valence-electron chi connectivity index (χ2n) is 4.82. The number of carbonyl (C=O) groups is 1. The molecule has 0 amide bonds. The topological polar surface area (TPSA) is 38.3 Å². The van der Waals surface area contributed by atoms with Gasteiger partial charge in [-0.05, 0) is 33.6 Å². The number of esters is 1. The molecule has 0 heterocycles. The summed E-state index contributed by atoms with van der Waals surface area (Å²) in [5.41, 5.74) is -0.403. The van der Waals surface area contributed by atoms with Gasteiger partial charge in [-0.25, -0.2) is 0 Å². The SMILES string of the molecule is CC/C=C/[C@H](CC)NCC(=O)OC(C)(C)C. The van der Waals surface area contributed by atoms with E-state index in [9.17, 15) is 4.79 Å². The van der Waals surface area contributed by atoms with Crippen LogP contribution in [0.2, 0.25) is 0 Å². The van der Waals surface area contributed by atoms with Crippen molar-refractivity contribution in [2.45, 2.75) is 59.1 Å². The Balaban J connectivity index is 3.93. The summed E-state index contributed by atoms with van der Waals surface area (Å²) >= 11 is 0. The highest BCUT2D eigenvalue weighted by Crippen LogP contribution is 2.06. The number of rotatable bonds is 6. The van der Waals surface area contributed by atoms with Gasteiger partial charge in [0.05, 0.1) is 6.54 Å². The zero-order chi connectivity index (χ0) is 12.6. The molecule has 0 aliphatic carbocycles. The largest absolute Gasteiger partial charge is 0.459 e. The fourth-order valence-corrected chi connectivity index (χ4v) is 1.24. The van der Waals surface area contributed by atoms with E-state index in [1.165, 1.54) is 0 Å². The Hall–Kier alpha value is -0.830. The third kappa shape index (κ3) is 8.48. The molecule has 0 aliphatic heterocycles. The quantitative estimate of drug-likeness (QED) is 0.560. The number of ether oxygens (including phenoxy) is 1.